The molecule has 0 radical (unpaired) electrons. The molecule has 54 heavy (non-hydrogen) atoms. The van der Waals surface area contributed by atoms with Crippen LogP contribution in [0, 0.1) is 0 Å². The summed E-state index contributed by atoms with van der Waals surface area (Å²) < 4.78 is 2.48. The standard InChI is InChI=1S/C50H34N4/c1-50(2)40-29-35-19-10-9-18-34(35)28-39(40)45-46(50)47-38(21-13-27-51-47)44-37-20-11-12-22-43(37)54(48(44)45)36-25-23-32(24-26-36)42-30-41(31-14-5-3-6-15-31)52-49(53-42)33-16-7-4-8-17-33/h3-30H,1-2H3. The van der Waals surface area contributed by atoms with E-state index in [0.29, 0.717) is 5.82 Å². The molecule has 1 aliphatic carbocycles. The molecule has 0 saturated carbocycles. The van der Waals surface area contributed by atoms with Gasteiger partial charge in [0.05, 0.1) is 27.9 Å². The van der Waals surface area contributed by atoms with Crippen LogP contribution in [0.3, 0.4) is 0 Å². The van der Waals surface area contributed by atoms with Crippen molar-refractivity contribution in [2.75, 3.05) is 0 Å². The highest BCUT2D eigenvalue weighted by Crippen LogP contribution is 2.56. The van der Waals surface area contributed by atoms with E-state index < -0.39 is 0 Å². The fourth-order valence-corrected chi connectivity index (χ4v) is 8.88. The third-order valence-electron chi connectivity index (χ3n) is 11.4. The topological polar surface area (TPSA) is 43.6 Å². The summed E-state index contributed by atoms with van der Waals surface area (Å²) in [6.45, 7) is 4.73. The highest BCUT2D eigenvalue weighted by molar-refractivity contribution is 6.27. The number of para-hydroxylation sites is 1. The van der Waals surface area contributed by atoms with Crippen LogP contribution in [-0.4, -0.2) is 19.5 Å². The molecular weight excluding hydrogens is 657 g/mol. The predicted molar refractivity (Wildman–Crippen MR) is 223 cm³/mol. The summed E-state index contributed by atoms with van der Waals surface area (Å²) in [5.41, 5.74) is 14.4. The van der Waals surface area contributed by atoms with Crippen LogP contribution >= 0.6 is 0 Å². The van der Waals surface area contributed by atoms with Crippen LogP contribution in [0.25, 0.3) is 94.2 Å². The zero-order valence-electron chi connectivity index (χ0n) is 30.0. The van der Waals surface area contributed by atoms with E-state index >= 15 is 0 Å². The number of pyridine rings is 1. The van der Waals surface area contributed by atoms with Crippen LogP contribution in [0.5, 0.6) is 0 Å². The third-order valence-corrected chi connectivity index (χ3v) is 11.4. The molecule has 0 atom stereocenters. The smallest absolute Gasteiger partial charge is 0.160 e. The third kappa shape index (κ3) is 4.47. The van der Waals surface area contributed by atoms with E-state index in [0.717, 1.165) is 39.3 Å². The van der Waals surface area contributed by atoms with Crippen molar-refractivity contribution >= 4 is 43.5 Å². The highest BCUT2D eigenvalue weighted by atomic mass is 15.0. The van der Waals surface area contributed by atoms with Crippen LogP contribution in [0.2, 0.25) is 0 Å². The highest BCUT2D eigenvalue weighted by Gasteiger charge is 2.40. The average Bonchev–Trinajstić information content (AvgIpc) is 3.69. The quantitative estimate of drug-likeness (QED) is 0.185. The summed E-state index contributed by atoms with van der Waals surface area (Å²) in [5.74, 6) is 0.711. The van der Waals surface area contributed by atoms with Crippen molar-refractivity contribution in [2.24, 2.45) is 0 Å². The second-order valence-corrected chi connectivity index (χ2v) is 14.8. The molecule has 3 heterocycles. The number of rotatable bonds is 4. The Morgan fingerprint density at radius 2 is 1.15 bits per heavy atom. The Balaban J connectivity index is 1.17. The number of nitrogens with zero attached hydrogens (tertiary/aromatic N) is 4. The molecule has 7 aromatic carbocycles. The minimum atomic E-state index is -0.249. The molecule has 0 spiro atoms. The van der Waals surface area contributed by atoms with Crippen LogP contribution in [-0.2, 0) is 5.41 Å². The van der Waals surface area contributed by atoms with Crippen LogP contribution in [0.15, 0.2) is 170 Å². The molecule has 0 fully saturated rings. The Morgan fingerprint density at radius 1 is 0.537 bits per heavy atom. The number of benzene rings is 7. The number of hydrogen-bond acceptors (Lipinski definition) is 3. The zero-order valence-corrected chi connectivity index (χ0v) is 30.0. The van der Waals surface area contributed by atoms with E-state index in [4.69, 9.17) is 15.0 Å². The second-order valence-electron chi connectivity index (χ2n) is 14.8. The van der Waals surface area contributed by atoms with E-state index in [1.165, 1.54) is 60.2 Å². The second kappa shape index (κ2) is 11.5. The molecule has 10 aromatic rings. The van der Waals surface area contributed by atoms with Gasteiger partial charge in [0.25, 0.3) is 0 Å². The fourth-order valence-electron chi connectivity index (χ4n) is 8.88. The van der Waals surface area contributed by atoms with E-state index in [9.17, 15) is 0 Å². The van der Waals surface area contributed by atoms with Crippen molar-refractivity contribution in [2.45, 2.75) is 19.3 Å². The summed E-state index contributed by atoms with van der Waals surface area (Å²) in [6.07, 6.45) is 1.95. The van der Waals surface area contributed by atoms with E-state index in [2.05, 4.69) is 158 Å². The Morgan fingerprint density at radius 3 is 1.89 bits per heavy atom. The molecule has 0 bridgehead atoms. The summed E-state index contributed by atoms with van der Waals surface area (Å²) in [7, 11) is 0. The molecule has 3 aromatic heterocycles. The maximum Gasteiger partial charge on any atom is 0.160 e. The van der Waals surface area contributed by atoms with E-state index in [1.54, 1.807) is 0 Å². The van der Waals surface area contributed by atoms with Crippen molar-refractivity contribution in [1.82, 2.24) is 19.5 Å². The monoisotopic (exact) mass is 690 g/mol. The van der Waals surface area contributed by atoms with Crippen molar-refractivity contribution in [1.29, 1.82) is 0 Å². The van der Waals surface area contributed by atoms with Gasteiger partial charge >= 0.3 is 0 Å². The van der Waals surface area contributed by atoms with Gasteiger partial charge in [0.1, 0.15) is 0 Å². The van der Waals surface area contributed by atoms with Gasteiger partial charge in [-0.1, -0.05) is 135 Å². The number of hydrogen-bond donors (Lipinski definition) is 0. The minimum absolute atomic E-state index is 0.249. The van der Waals surface area contributed by atoms with Crippen molar-refractivity contribution in [3.63, 3.8) is 0 Å². The van der Waals surface area contributed by atoms with Crippen LogP contribution in [0.4, 0.5) is 0 Å². The molecule has 4 heteroatoms. The number of fused-ring (bicyclic) bond motifs is 11. The fraction of sp³-hybridized carbons (Fsp3) is 0.0600. The lowest BCUT2D eigenvalue weighted by atomic mass is 9.80. The van der Waals surface area contributed by atoms with Crippen LogP contribution < -0.4 is 0 Å². The Hall–Kier alpha value is -6.91. The molecular formula is C50H34N4. The van der Waals surface area contributed by atoms with Gasteiger partial charge in [0.2, 0.25) is 0 Å². The first-order valence-electron chi connectivity index (χ1n) is 18.5. The lowest BCUT2D eigenvalue weighted by Gasteiger charge is -2.23. The van der Waals surface area contributed by atoms with Crippen molar-refractivity contribution < 1.29 is 0 Å². The number of aromatic nitrogens is 4. The van der Waals surface area contributed by atoms with Gasteiger partial charge in [0.15, 0.2) is 5.82 Å². The minimum Gasteiger partial charge on any atom is -0.309 e. The van der Waals surface area contributed by atoms with Crippen LogP contribution in [0.1, 0.15) is 25.0 Å². The molecule has 0 N–H and O–H groups in total. The molecule has 0 aliphatic heterocycles. The van der Waals surface area contributed by atoms with Gasteiger partial charge in [-0.15, -0.1) is 0 Å². The molecule has 0 unspecified atom stereocenters. The lowest BCUT2D eigenvalue weighted by Crippen LogP contribution is -2.16. The largest absolute Gasteiger partial charge is 0.309 e. The van der Waals surface area contributed by atoms with Gasteiger partial charge in [-0.2, -0.15) is 0 Å². The Kier molecular flexibility index (Phi) is 6.56. The molecule has 0 amide bonds. The van der Waals surface area contributed by atoms with Gasteiger partial charge in [-0.05, 0) is 69.9 Å². The molecule has 0 saturated heterocycles. The summed E-state index contributed by atoms with van der Waals surface area (Å²) in [5, 5.41) is 6.16. The molecule has 254 valence electrons. The van der Waals surface area contributed by atoms with Gasteiger partial charge in [-0.25, -0.2) is 9.97 Å². The first-order chi connectivity index (χ1) is 26.5. The predicted octanol–water partition coefficient (Wildman–Crippen LogP) is 12.6. The first-order valence-corrected chi connectivity index (χ1v) is 18.5. The lowest BCUT2D eigenvalue weighted by molar-refractivity contribution is 0.666. The summed E-state index contributed by atoms with van der Waals surface area (Å²) >= 11 is 0. The SMILES string of the molecule is CC1(C)c2cc3ccccc3cc2-c2c1c1ncccc1c1c3ccccc3n(-c3ccc(-c4cc(-c5ccccc5)nc(-c5ccccc5)n4)cc3)c21. The van der Waals surface area contributed by atoms with Gasteiger partial charge in [-0.3, -0.25) is 4.98 Å². The molecule has 11 rings (SSSR count). The zero-order chi connectivity index (χ0) is 36.0. The summed E-state index contributed by atoms with van der Waals surface area (Å²) in [4.78, 5) is 15.2. The molecule has 1 aliphatic rings. The van der Waals surface area contributed by atoms with E-state index in [1.807, 2.05) is 30.5 Å². The van der Waals surface area contributed by atoms with Crippen molar-refractivity contribution in [3.05, 3.63) is 181 Å². The van der Waals surface area contributed by atoms with Gasteiger partial charge < -0.3 is 4.57 Å². The Bertz CT molecular complexity index is 3050. The first kappa shape index (κ1) is 30.7. The maximum atomic E-state index is 5.12. The maximum absolute atomic E-state index is 5.12. The average molecular weight is 691 g/mol. The van der Waals surface area contributed by atoms with Crippen molar-refractivity contribution in [3.8, 4) is 50.7 Å². The van der Waals surface area contributed by atoms with Gasteiger partial charge in [0, 0.05) is 55.7 Å². The molecule has 4 nitrogen and oxygen atoms in total. The van der Waals surface area contributed by atoms with E-state index in [-0.39, 0.29) is 5.41 Å². The normalized spacial score (nSPS) is 13.1. The summed E-state index contributed by atoms with van der Waals surface area (Å²) in [6, 6.07) is 58.3. The Labute approximate surface area is 313 Å².